The van der Waals surface area contributed by atoms with E-state index in [0.717, 1.165) is 4.88 Å². The molecule has 1 aliphatic rings. The van der Waals surface area contributed by atoms with Gasteiger partial charge in [0.05, 0.1) is 18.6 Å². The van der Waals surface area contributed by atoms with Gasteiger partial charge in [-0.3, -0.25) is 4.99 Å². The molecule has 1 atom stereocenters. The van der Waals surface area contributed by atoms with E-state index < -0.39 is 18.1 Å². The van der Waals surface area contributed by atoms with Gasteiger partial charge in [-0.25, -0.2) is 0 Å². The topological polar surface area (TPSA) is 41.6 Å². The summed E-state index contributed by atoms with van der Waals surface area (Å²) in [6.07, 6.45) is -4.32. The second-order valence-corrected chi connectivity index (χ2v) is 6.34. The SMILES string of the molecule is CC1(CCCC(F)(F)F)CN=C(N)N1Cc1cccs1. The number of hydrogen-bond donors (Lipinski definition) is 1. The first-order valence-corrected chi connectivity index (χ1v) is 7.35. The summed E-state index contributed by atoms with van der Waals surface area (Å²) >= 11 is 1.61. The van der Waals surface area contributed by atoms with Crippen LogP contribution in [-0.4, -0.2) is 29.1 Å². The fraction of sp³-hybridized carbons (Fsp3) is 0.615. The molecule has 2 heterocycles. The Balaban J connectivity index is 1.98. The van der Waals surface area contributed by atoms with Gasteiger partial charge in [0.15, 0.2) is 5.96 Å². The number of nitrogens with two attached hydrogens (primary N) is 1. The highest BCUT2D eigenvalue weighted by atomic mass is 32.1. The first kappa shape index (κ1) is 15.2. The molecule has 0 saturated heterocycles. The molecule has 1 aromatic rings. The molecule has 1 aliphatic heterocycles. The van der Waals surface area contributed by atoms with Crippen molar-refractivity contribution in [3.8, 4) is 0 Å². The summed E-state index contributed by atoms with van der Waals surface area (Å²) in [4.78, 5) is 7.27. The largest absolute Gasteiger partial charge is 0.389 e. The number of nitrogens with zero attached hydrogens (tertiary/aromatic N) is 2. The zero-order chi connectivity index (χ0) is 14.8. The standard InChI is InChI=1S/C13H18F3N3S/c1-12(5-3-6-13(14,15)16)9-18-11(17)19(12)8-10-4-2-7-20-10/h2,4,7H,3,5-6,8-9H2,1H3,(H2,17,18). The molecule has 0 radical (unpaired) electrons. The molecule has 0 spiro atoms. The van der Waals surface area contributed by atoms with Gasteiger partial charge in [0.2, 0.25) is 0 Å². The second kappa shape index (κ2) is 5.63. The third-order valence-electron chi connectivity index (χ3n) is 3.58. The predicted octanol–water partition coefficient (Wildman–Crippen LogP) is 3.37. The third kappa shape index (κ3) is 3.65. The van der Waals surface area contributed by atoms with Crippen LogP contribution >= 0.6 is 11.3 Å². The van der Waals surface area contributed by atoms with Crippen LogP contribution in [-0.2, 0) is 6.54 Å². The van der Waals surface area contributed by atoms with Crippen LogP contribution in [0.3, 0.4) is 0 Å². The monoisotopic (exact) mass is 305 g/mol. The van der Waals surface area contributed by atoms with E-state index in [2.05, 4.69) is 4.99 Å². The second-order valence-electron chi connectivity index (χ2n) is 5.31. The predicted molar refractivity (Wildman–Crippen MR) is 74.7 cm³/mol. The van der Waals surface area contributed by atoms with Crippen molar-refractivity contribution in [2.75, 3.05) is 6.54 Å². The van der Waals surface area contributed by atoms with Crippen molar-refractivity contribution in [2.24, 2.45) is 10.7 Å². The van der Waals surface area contributed by atoms with Crippen LogP contribution in [0.5, 0.6) is 0 Å². The van der Waals surface area contributed by atoms with Gasteiger partial charge in [-0.05, 0) is 31.2 Å². The Morgan fingerprint density at radius 1 is 1.50 bits per heavy atom. The summed E-state index contributed by atoms with van der Waals surface area (Å²) < 4.78 is 36.8. The van der Waals surface area contributed by atoms with E-state index in [-0.39, 0.29) is 6.42 Å². The lowest BCUT2D eigenvalue weighted by molar-refractivity contribution is -0.136. The van der Waals surface area contributed by atoms with E-state index in [4.69, 9.17) is 5.73 Å². The third-order valence-corrected chi connectivity index (χ3v) is 4.44. The average Bonchev–Trinajstić information content (AvgIpc) is 2.92. The van der Waals surface area contributed by atoms with Gasteiger partial charge in [0, 0.05) is 11.3 Å². The smallest absolute Gasteiger partial charge is 0.370 e. The Bertz CT molecular complexity index is 470. The number of thiophene rings is 1. The van der Waals surface area contributed by atoms with Crippen LogP contribution in [0.1, 0.15) is 31.1 Å². The maximum absolute atomic E-state index is 12.3. The zero-order valence-corrected chi connectivity index (χ0v) is 12.1. The van der Waals surface area contributed by atoms with Crippen molar-refractivity contribution >= 4 is 17.3 Å². The van der Waals surface area contributed by atoms with Crippen molar-refractivity contribution in [3.05, 3.63) is 22.4 Å². The van der Waals surface area contributed by atoms with Crippen molar-refractivity contribution in [2.45, 2.75) is 44.4 Å². The van der Waals surface area contributed by atoms with Crippen molar-refractivity contribution in [1.82, 2.24) is 4.90 Å². The van der Waals surface area contributed by atoms with Crippen molar-refractivity contribution in [1.29, 1.82) is 0 Å². The van der Waals surface area contributed by atoms with E-state index >= 15 is 0 Å². The average molecular weight is 305 g/mol. The van der Waals surface area contributed by atoms with Crippen LogP contribution in [0, 0.1) is 0 Å². The summed E-state index contributed by atoms with van der Waals surface area (Å²) in [6, 6.07) is 3.94. The first-order chi connectivity index (χ1) is 9.30. The highest BCUT2D eigenvalue weighted by molar-refractivity contribution is 7.09. The number of aliphatic imine (C=N–C) groups is 1. The maximum atomic E-state index is 12.3. The number of halogens is 3. The minimum Gasteiger partial charge on any atom is -0.370 e. The Labute approximate surface area is 120 Å². The van der Waals surface area contributed by atoms with Gasteiger partial charge in [-0.2, -0.15) is 13.2 Å². The highest BCUT2D eigenvalue weighted by Gasteiger charge is 2.38. The molecule has 1 unspecified atom stereocenters. The van der Waals surface area contributed by atoms with Gasteiger partial charge < -0.3 is 10.6 Å². The molecule has 3 nitrogen and oxygen atoms in total. The summed E-state index contributed by atoms with van der Waals surface area (Å²) in [5.41, 5.74) is 5.47. The van der Waals surface area contributed by atoms with Gasteiger partial charge in [0.1, 0.15) is 0 Å². The van der Waals surface area contributed by atoms with Gasteiger partial charge in [-0.15, -0.1) is 11.3 Å². The molecule has 2 N–H and O–H groups in total. The van der Waals surface area contributed by atoms with E-state index in [1.807, 2.05) is 29.3 Å². The molecule has 2 rings (SSSR count). The summed E-state index contributed by atoms with van der Waals surface area (Å²) in [5.74, 6) is 0.424. The lowest BCUT2D eigenvalue weighted by atomic mass is 9.93. The molecule has 0 bridgehead atoms. The Morgan fingerprint density at radius 2 is 2.25 bits per heavy atom. The molecule has 0 aliphatic carbocycles. The molecule has 112 valence electrons. The first-order valence-electron chi connectivity index (χ1n) is 6.47. The highest BCUT2D eigenvalue weighted by Crippen LogP contribution is 2.32. The van der Waals surface area contributed by atoms with E-state index in [0.29, 0.717) is 25.5 Å². The van der Waals surface area contributed by atoms with Crippen molar-refractivity contribution < 1.29 is 13.2 Å². The van der Waals surface area contributed by atoms with Crippen LogP contribution < -0.4 is 5.73 Å². The van der Waals surface area contributed by atoms with Crippen LogP contribution in [0.15, 0.2) is 22.5 Å². The van der Waals surface area contributed by atoms with Crippen LogP contribution in [0.4, 0.5) is 13.2 Å². The molecule has 20 heavy (non-hydrogen) atoms. The zero-order valence-electron chi connectivity index (χ0n) is 11.3. The Kier molecular flexibility index (Phi) is 4.27. The Hall–Kier alpha value is -1.24. The minimum absolute atomic E-state index is 0.101. The fourth-order valence-corrected chi connectivity index (χ4v) is 3.11. The van der Waals surface area contributed by atoms with E-state index in [9.17, 15) is 13.2 Å². The van der Waals surface area contributed by atoms with Crippen LogP contribution in [0.2, 0.25) is 0 Å². The van der Waals surface area contributed by atoms with Crippen LogP contribution in [0.25, 0.3) is 0 Å². The summed E-state index contributed by atoms with van der Waals surface area (Å²) in [7, 11) is 0. The molecule has 7 heteroatoms. The normalized spacial score (nSPS) is 23.2. The number of hydrogen-bond acceptors (Lipinski definition) is 4. The quantitative estimate of drug-likeness (QED) is 0.906. The van der Waals surface area contributed by atoms with Gasteiger partial charge in [0.25, 0.3) is 0 Å². The summed E-state index contributed by atoms with van der Waals surface area (Å²) in [5, 5.41) is 1.97. The minimum atomic E-state index is -4.10. The number of guanidine groups is 1. The molecule has 1 aromatic heterocycles. The van der Waals surface area contributed by atoms with Gasteiger partial charge >= 0.3 is 6.18 Å². The fourth-order valence-electron chi connectivity index (χ4n) is 2.41. The lowest BCUT2D eigenvalue weighted by Crippen LogP contribution is -2.48. The van der Waals surface area contributed by atoms with E-state index in [1.54, 1.807) is 11.3 Å². The molecular formula is C13H18F3N3S. The molecule has 0 fully saturated rings. The molecule has 0 saturated carbocycles. The lowest BCUT2D eigenvalue weighted by Gasteiger charge is -2.36. The maximum Gasteiger partial charge on any atom is 0.389 e. The molecule has 0 amide bonds. The van der Waals surface area contributed by atoms with Gasteiger partial charge in [-0.1, -0.05) is 6.07 Å². The number of rotatable bonds is 5. The molecule has 0 aromatic carbocycles. The molecular weight excluding hydrogens is 287 g/mol. The Morgan fingerprint density at radius 3 is 2.85 bits per heavy atom. The summed E-state index contributed by atoms with van der Waals surface area (Å²) in [6.45, 7) is 3.00. The van der Waals surface area contributed by atoms with E-state index in [1.165, 1.54) is 0 Å². The van der Waals surface area contributed by atoms with Crippen molar-refractivity contribution in [3.63, 3.8) is 0 Å². The number of alkyl halides is 3.